The fourth-order valence-electron chi connectivity index (χ4n) is 9.27. The molecular formula is C38H55NO6. The second kappa shape index (κ2) is 14.2. The number of likely N-dealkylation sites (tertiary alicyclic amines) is 1. The number of hydrogen-bond donors (Lipinski definition) is 4. The molecule has 9 atom stereocenters. The Bertz CT molecular complexity index is 1260. The molecule has 1 heterocycles. The molecule has 7 nitrogen and oxygen atoms in total. The molecule has 0 aromatic heterocycles. The molecule has 7 heteroatoms. The van der Waals surface area contributed by atoms with E-state index in [1.54, 1.807) is 6.92 Å². The first-order valence-electron chi connectivity index (χ1n) is 17.2. The van der Waals surface area contributed by atoms with Gasteiger partial charge in [-0.3, -0.25) is 4.79 Å². The zero-order chi connectivity index (χ0) is 32.4. The van der Waals surface area contributed by atoms with Crippen LogP contribution in [0.1, 0.15) is 84.1 Å². The van der Waals surface area contributed by atoms with Gasteiger partial charge in [0.1, 0.15) is 17.8 Å². The number of rotatable bonds is 11. The summed E-state index contributed by atoms with van der Waals surface area (Å²) in [5, 5.41) is 41.6. The third kappa shape index (κ3) is 7.18. The molecule has 1 amide bonds. The Labute approximate surface area is 269 Å². The molecule has 0 radical (unpaired) electrons. The predicted molar refractivity (Wildman–Crippen MR) is 176 cm³/mol. The number of benzene rings is 1. The molecule has 1 aromatic carbocycles. The van der Waals surface area contributed by atoms with Crippen molar-refractivity contribution in [3.05, 3.63) is 71.3 Å². The maximum atomic E-state index is 13.2. The van der Waals surface area contributed by atoms with Gasteiger partial charge in [-0.05, 0) is 98.2 Å². The van der Waals surface area contributed by atoms with Crippen molar-refractivity contribution in [2.45, 2.75) is 115 Å². The maximum absolute atomic E-state index is 13.2. The van der Waals surface area contributed by atoms with Gasteiger partial charge in [0, 0.05) is 38.6 Å². The fraction of sp³-hybridized carbons (Fsp3) is 0.658. The van der Waals surface area contributed by atoms with E-state index in [0.29, 0.717) is 49.1 Å². The van der Waals surface area contributed by atoms with Gasteiger partial charge >= 0.3 is 0 Å². The first kappa shape index (κ1) is 34.1. The molecule has 1 aliphatic heterocycles. The van der Waals surface area contributed by atoms with E-state index >= 15 is 0 Å². The van der Waals surface area contributed by atoms with E-state index in [-0.39, 0.29) is 30.6 Å². The number of nitrogens with zero attached hydrogens (tertiary/aromatic N) is 1. The SMILES string of the molecule is C=C1/C(=C\C=C2/CCC[C@]3(C)[C@@H]([C@H](C)CC4CC(C)(O)C(=O)N4CCc4ccccc4)CC[C@@H]23)C[C@@H](O)[C@H](OCCCO)[C@@H]1O. The highest BCUT2D eigenvalue weighted by Crippen LogP contribution is 2.60. The smallest absolute Gasteiger partial charge is 0.254 e. The largest absolute Gasteiger partial charge is 0.396 e. The Balaban J connectivity index is 1.25. The average molecular weight is 622 g/mol. The molecular weight excluding hydrogens is 566 g/mol. The van der Waals surface area contributed by atoms with Crippen LogP contribution in [-0.4, -0.2) is 80.9 Å². The van der Waals surface area contributed by atoms with Crippen molar-refractivity contribution in [3.63, 3.8) is 0 Å². The molecule has 0 spiro atoms. The van der Waals surface area contributed by atoms with Crippen molar-refractivity contribution in [2.24, 2.45) is 23.2 Å². The van der Waals surface area contributed by atoms with E-state index in [4.69, 9.17) is 9.84 Å². The van der Waals surface area contributed by atoms with Crippen LogP contribution in [0.2, 0.25) is 0 Å². The minimum Gasteiger partial charge on any atom is -0.396 e. The van der Waals surface area contributed by atoms with Crippen molar-refractivity contribution < 1.29 is 30.0 Å². The number of carbonyl (C=O) groups is 1. The number of amides is 1. The number of ether oxygens (including phenoxy) is 1. The van der Waals surface area contributed by atoms with Crippen LogP contribution in [0.3, 0.4) is 0 Å². The van der Waals surface area contributed by atoms with Crippen molar-refractivity contribution in [1.29, 1.82) is 0 Å². The first-order valence-corrected chi connectivity index (χ1v) is 17.2. The number of allylic oxidation sites excluding steroid dienone is 3. The Morgan fingerprint density at radius 1 is 1.16 bits per heavy atom. The van der Waals surface area contributed by atoms with Crippen molar-refractivity contribution in [1.82, 2.24) is 4.90 Å². The van der Waals surface area contributed by atoms with E-state index in [9.17, 15) is 20.1 Å². The Morgan fingerprint density at radius 3 is 2.64 bits per heavy atom. The fourth-order valence-corrected chi connectivity index (χ4v) is 9.27. The van der Waals surface area contributed by atoms with Gasteiger partial charge in [-0.2, -0.15) is 0 Å². The maximum Gasteiger partial charge on any atom is 0.254 e. The van der Waals surface area contributed by atoms with Gasteiger partial charge in [-0.25, -0.2) is 0 Å². The lowest BCUT2D eigenvalue weighted by Crippen LogP contribution is -2.45. The van der Waals surface area contributed by atoms with Gasteiger partial charge in [0.2, 0.25) is 0 Å². The summed E-state index contributed by atoms with van der Waals surface area (Å²) in [5.74, 6) is 1.32. The lowest BCUT2D eigenvalue weighted by molar-refractivity contribution is -0.142. The predicted octanol–water partition coefficient (Wildman–Crippen LogP) is 5.13. The van der Waals surface area contributed by atoms with Crippen molar-refractivity contribution in [3.8, 4) is 0 Å². The number of carbonyl (C=O) groups excluding carboxylic acids is 1. The summed E-state index contributed by atoms with van der Waals surface area (Å²) < 4.78 is 5.67. The molecule has 45 heavy (non-hydrogen) atoms. The molecule has 0 bridgehead atoms. The normalized spacial score (nSPS) is 37.9. The molecule has 1 saturated heterocycles. The van der Waals surface area contributed by atoms with E-state index < -0.39 is 23.9 Å². The number of aliphatic hydroxyl groups is 4. The van der Waals surface area contributed by atoms with Crippen LogP contribution in [-0.2, 0) is 16.0 Å². The summed E-state index contributed by atoms with van der Waals surface area (Å²) >= 11 is 0. The standard InChI is InChI=1S/C38H55NO6/c1-25(22-30-24-38(4,44)36(43)39(30)19-17-27-10-6-5-7-11-27)31-15-16-32-28(12-8-18-37(31,32)3)13-14-29-23-33(41)35(34(42)26(29)2)45-21-9-20-40/h5-7,10-11,13-14,25,30-35,40-42,44H,2,8-9,12,15-24H2,1,3-4H3/b28-13+,29-14-/t25-,30?,31-,32+,33-,34-,35+,37-,38?/m1/s1. The third-order valence-electron chi connectivity index (χ3n) is 11.6. The van der Waals surface area contributed by atoms with E-state index in [2.05, 4.69) is 44.7 Å². The summed E-state index contributed by atoms with van der Waals surface area (Å²) in [4.78, 5) is 15.2. The topological polar surface area (TPSA) is 110 Å². The van der Waals surface area contributed by atoms with Crippen LogP contribution in [0.4, 0.5) is 0 Å². The Hall–Kier alpha value is -2.29. The van der Waals surface area contributed by atoms with Gasteiger partial charge in [0.25, 0.3) is 5.91 Å². The second-order valence-electron chi connectivity index (χ2n) is 14.8. The van der Waals surface area contributed by atoms with Crippen LogP contribution in [0.25, 0.3) is 0 Å². The van der Waals surface area contributed by atoms with E-state index in [0.717, 1.165) is 44.1 Å². The van der Waals surface area contributed by atoms with Gasteiger partial charge in [-0.1, -0.05) is 68.5 Å². The quantitative estimate of drug-likeness (QED) is 0.255. The molecule has 3 saturated carbocycles. The molecule has 2 unspecified atom stereocenters. The number of aliphatic hydroxyl groups excluding tert-OH is 3. The van der Waals surface area contributed by atoms with Crippen LogP contribution < -0.4 is 0 Å². The Kier molecular flexibility index (Phi) is 10.8. The van der Waals surface area contributed by atoms with E-state index in [1.165, 1.54) is 17.6 Å². The second-order valence-corrected chi connectivity index (χ2v) is 14.8. The number of fused-ring (bicyclic) bond motifs is 1. The number of hydrogen-bond acceptors (Lipinski definition) is 6. The molecule has 248 valence electrons. The third-order valence-corrected chi connectivity index (χ3v) is 11.6. The summed E-state index contributed by atoms with van der Waals surface area (Å²) in [6.45, 7) is 11.6. The minimum absolute atomic E-state index is 0.00779. The van der Waals surface area contributed by atoms with Crippen LogP contribution >= 0.6 is 0 Å². The summed E-state index contributed by atoms with van der Waals surface area (Å²) in [5.41, 5.74) is 3.00. The molecule has 4 N–H and O–H groups in total. The summed E-state index contributed by atoms with van der Waals surface area (Å²) in [7, 11) is 0. The highest BCUT2D eigenvalue weighted by Gasteiger charge is 2.53. The molecule has 4 fully saturated rings. The summed E-state index contributed by atoms with van der Waals surface area (Å²) in [6.07, 6.45) is 10.5. The first-order chi connectivity index (χ1) is 21.5. The zero-order valence-electron chi connectivity index (χ0n) is 27.5. The van der Waals surface area contributed by atoms with Crippen LogP contribution in [0.5, 0.6) is 0 Å². The lowest BCUT2D eigenvalue weighted by atomic mass is 9.60. The van der Waals surface area contributed by atoms with Crippen molar-refractivity contribution in [2.75, 3.05) is 19.8 Å². The lowest BCUT2D eigenvalue weighted by Gasteiger charge is -2.45. The molecule has 5 rings (SSSR count). The Morgan fingerprint density at radius 2 is 1.91 bits per heavy atom. The van der Waals surface area contributed by atoms with Gasteiger partial charge < -0.3 is 30.1 Å². The summed E-state index contributed by atoms with van der Waals surface area (Å²) in [6, 6.07) is 10.3. The van der Waals surface area contributed by atoms with Gasteiger partial charge in [0.15, 0.2) is 0 Å². The van der Waals surface area contributed by atoms with Gasteiger partial charge in [-0.15, -0.1) is 0 Å². The highest BCUT2D eigenvalue weighted by molar-refractivity contribution is 5.87. The molecule has 3 aliphatic carbocycles. The van der Waals surface area contributed by atoms with Crippen LogP contribution in [0, 0.1) is 23.2 Å². The minimum atomic E-state index is -1.30. The monoisotopic (exact) mass is 621 g/mol. The van der Waals surface area contributed by atoms with Crippen molar-refractivity contribution >= 4 is 5.91 Å². The molecule has 1 aromatic rings. The zero-order valence-corrected chi connectivity index (χ0v) is 27.5. The van der Waals surface area contributed by atoms with E-state index in [1.807, 2.05) is 23.1 Å². The highest BCUT2D eigenvalue weighted by atomic mass is 16.5. The average Bonchev–Trinajstić information content (AvgIpc) is 3.47. The molecule has 4 aliphatic rings. The van der Waals surface area contributed by atoms with Crippen LogP contribution in [0.15, 0.2) is 65.8 Å². The van der Waals surface area contributed by atoms with Gasteiger partial charge in [0.05, 0.1) is 6.10 Å².